The Morgan fingerprint density at radius 3 is 2.71 bits per heavy atom. The molecular formula is C6H8N4O6S. The lowest BCUT2D eigenvalue weighted by Gasteiger charge is -2.41. The van der Waals surface area contributed by atoms with Crippen molar-refractivity contribution in [3.8, 4) is 0 Å². The van der Waals surface area contributed by atoms with Gasteiger partial charge in [-0.1, -0.05) is 5.11 Å². The fourth-order valence-electron chi connectivity index (χ4n) is 1.42. The number of esters is 1. The number of carbonyl (C=O) groups is 2. The van der Waals surface area contributed by atoms with Gasteiger partial charge in [-0.15, -0.1) is 0 Å². The molecule has 1 heterocycles. The molecule has 11 heteroatoms. The van der Waals surface area contributed by atoms with Crippen LogP contribution in [0.3, 0.4) is 0 Å². The first-order valence-electron chi connectivity index (χ1n) is 4.24. The Kier molecular flexibility index (Phi) is 3.56. The zero-order chi connectivity index (χ0) is 13.2. The molecule has 1 fully saturated rings. The van der Waals surface area contributed by atoms with E-state index < -0.39 is 40.7 Å². The van der Waals surface area contributed by atoms with Crippen molar-refractivity contribution in [3.05, 3.63) is 10.4 Å². The average molecular weight is 264 g/mol. The summed E-state index contributed by atoms with van der Waals surface area (Å²) in [5.41, 5.74) is 8.18. The van der Waals surface area contributed by atoms with E-state index in [1.165, 1.54) is 0 Å². The summed E-state index contributed by atoms with van der Waals surface area (Å²) in [4.78, 5) is 24.6. The van der Waals surface area contributed by atoms with Crippen LogP contribution in [0.5, 0.6) is 0 Å². The van der Waals surface area contributed by atoms with Gasteiger partial charge >= 0.3 is 16.3 Å². The quantitative estimate of drug-likeness (QED) is 0.176. The number of ether oxygens (including phenoxy) is 1. The Morgan fingerprint density at radius 1 is 1.71 bits per heavy atom. The lowest BCUT2D eigenvalue weighted by Crippen LogP contribution is -2.65. The second-order valence-electron chi connectivity index (χ2n) is 3.11. The van der Waals surface area contributed by atoms with Gasteiger partial charge in [-0.2, -0.15) is 8.42 Å². The number of hydrogen-bond donors (Lipinski definition) is 1. The maximum Gasteiger partial charge on any atom is 0.362 e. The van der Waals surface area contributed by atoms with Crippen LogP contribution < -0.4 is 0 Å². The Hall–Kier alpha value is -1.84. The number of amides is 1. The van der Waals surface area contributed by atoms with Crippen LogP contribution in [0, 0.1) is 0 Å². The van der Waals surface area contributed by atoms with Gasteiger partial charge in [0.25, 0.3) is 0 Å². The molecule has 0 aromatic rings. The number of rotatable bonds is 4. The summed E-state index contributed by atoms with van der Waals surface area (Å²) in [6.07, 6.45) is -0.494. The highest BCUT2D eigenvalue weighted by atomic mass is 32.2. The van der Waals surface area contributed by atoms with E-state index in [1.54, 1.807) is 0 Å². The van der Waals surface area contributed by atoms with Gasteiger partial charge in [0.05, 0.1) is 19.6 Å². The number of hydrogen-bond acceptors (Lipinski definition) is 6. The Labute approximate surface area is 95.7 Å². The highest BCUT2D eigenvalue weighted by Crippen LogP contribution is 2.28. The summed E-state index contributed by atoms with van der Waals surface area (Å²) in [7, 11) is -3.70. The fraction of sp³-hybridized carbons (Fsp3) is 0.667. The number of nitrogens with zero attached hydrogens (tertiary/aromatic N) is 4. The van der Waals surface area contributed by atoms with Gasteiger partial charge in [0.1, 0.15) is 6.04 Å². The van der Waals surface area contributed by atoms with Crippen LogP contribution in [0.15, 0.2) is 5.11 Å². The molecule has 1 N–H and O–H groups in total. The van der Waals surface area contributed by atoms with Crippen molar-refractivity contribution in [3.63, 3.8) is 0 Å². The maximum atomic E-state index is 11.2. The zero-order valence-corrected chi connectivity index (χ0v) is 9.36. The average Bonchev–Trinajstić information content (AvgIpc) is 2.22. The van der Waals surface area contributed by atoms with Crippen LogP contribution >= 0.6 is 0 Å². The van der Waals surface area contributed by atoms with Crippen LogP contribution in [-0.4, -0.2) is 48.3 Å². The van der Waals surface area contributed by atoms with Crippen LogP contribution in [0.4, 0.5) is 0 Å². The van der Waals surface area contributed by atoms with E-state index in [1.807, 2.05) is 0 Å². The van der Waals surface area contributed by atoms with Crippen molar-refractivity contribution in [1.82, 2.24) is 4.31 Å². The first-order valence-corrected chi connectivity index (χ1v) is 5.64. The summed E-state index contributed by atoms with van der Waals surface area (Å²) >= 11 is 0. The standard InChI is InChI=1S/C6H8N4O6S/c1-16-4(11)2-3-5(8-9-7)6(12)10(3)17(13,14)15/h3,5H,2H2,1H3,(H,13,14,15). The molecule has 10 nitrogen and oxygen atoms in total. The number of β-lactam (4-membered cyclic amide) rings is 1. The van der Waals surface area contributed by atoms with Gasteiger partial charge in [-0.3, -0.25) is 14.1 Å². The molecule has 94 valence electrons. The highest BCUT2D eigenvalue weighted by Gasteiger charge is 2.53. The Balaban J connectivity index is 2.97. The Bertz CT molecular complexity index is 495. The normalized spacial score (nSPS) is 23.6. The topological polar surface area (TPSA) is 150 Å². The first-order chi connectivity index (χ1) is 7.82. The second kappa shape index (κ2) is 4.57. The molecule has 17 heavy (non-hydrogen) atoms. The minimum absolute atomic E-state index is 0.0866. The molecule has 1 rings (SSSR count). The first kappa shape index (κ1) is 13.2. The molecule has 1 amide bonds. The molecule has 0 aromatic carbocycles. The van der Waals surface area contributed by atoms with Crippen molar-refractivity contribution in [2.45, 2.75) is 18.5 Å². The molecule has 1 saturated heterocycles. The van der Waals surface area contributed by atoms with Crippen LogP contribution in [0.2, 0.25) is 0 Å². The molecule has 0 radical (unpaired) electrons. The third-order valence-corrected chi connectivity index (χ3v) is 3.11. The van der Waals surface area contributed by atoms with E-state index in [9.17, 15) is 18.0 Å². The van der Waals surface area contributed by atoms with Crippen LogP contribution in [0.1, 0.15) is 6.42 Å². The van der Waals surface area contributed by atoms with E-state index in [2.05, 4.69) is 14.8 Å². The largest absolute Gasteiger partial charge is 0.469 e. The molecule has 0 saturated carbocycles. The predicted octanol–water partition coefficient (Wildman–Crippen LogP) is -0.758. The summed E-state index contributed by atoms with van der Waals surface area (Å²) < 4.78 is 34.8. The SMILES string of the molecule is COC(=O)CC1C(N=[N+]=[N-])C(=O)N1S(=O)(=O)O. The van der Waals surface area contributed by atoms with Crippen molar-refractivity contribution < 1.29 is 27.3 Å². The van der Waals surface area contributed by atoms with Crippen molar-refractivity contribution >= 4 is 22.2 Å². The van der Waals surface area contributed by atoms with Gasteiger partial charge in [0.2, 0.25) is 5.91 Å². The summed E-state index contributed by atoms with van der Waals surface area (Å²) in [6.45, 7) is 0. The molecule has 2 atom stereocenters. The molecule has 0 bridgehead atoms. The third-order valence-electron chi connectivity index (χ3n) is 2.16. The van der Waals surface area contributed by atoms with E-state index >= 15 is 0 Å². The van der Waals surface area contributed by atoms with Gasteiger partial charge in [-0.05, 0) is 5.53 Å². The minimum Gasteiger partial charge on any atom is -0.469 e. The fourth-order valence-corrected chi connectivity index (χ4v) is 2.29. The van der Waals surface area contributed by atoms with E-state index in [4.69, 9.17) is 10.1 Å². The zero-order valence-electron chi connectivity index (χ0n) is 8.55. The molecule has 0 aliphatic carbocycles. The molecule has 2 unspecified atom stereocenters. The van der Waals surface area contributed by atoms with E-state index in [0.717, 1.165) is 7.11 Å². The van der Waals surface area contributed by atoms with Gasteiger partial charge in [0.15, 0.2) is 0 Å². The van der Waals surface area contributed by atoms with Crippen LogP contribution in [0.25, 0.3) is 10.4 Å². The third kappa shape index (κ3) is 2.46. The number of methoxy groups -OCH3 is 1. The molecular weight excluding hydrogens is 256 g/mol. The van der Waals surface area contributed by atoms with Gasteiger partial charge < -0.3 is 4.74 Å². The molecule has 0 aromatic heterocycles. The van der Waals surface area contributed by atoms with E-state index in [-0.39, 0.29) is 4.31 Å². The van der Waals surface area contributed by atoms with Crippen molar-refractivity contribution in [2.24, 2.45) is 5.11 Å². The summed E-state index contributed by atoms with van der Waals surface area (Å²) in [5, 5.41) is 3.05. The predicted molar refractivity (Wildman–Crippen MR) is 51.7 cm³/mol. The monoisotopic (exact) mass is 264 g/mol. The maximum absolute atomic E-state index is 11.2. The lowest BCUT2D eigenvalue weighted by molar-refractivity contribution is -0.148. The number of azide groups is 1. The summed E-state index contributed by atoms with van der Waals surface area (Å²) in [5.74, 6) is -1.88. The highest BCUT2D eigenvalue weighted by molar-refractivity contribution is 7.84. The Morgan fingerprint density at radius 2 is 2.29 bits per heavy atom. The smallest absolute Gasteiger partial charge is 0.362 e. The number of carbonyl (C=O) groups excluding carboxylic acids is 2. The molecule has 0 spiro atoms. The van der Waals surface area contributed by atoms with Crippen molar-refractivity contribution in [2.75, 3.05) is 7.11 Å². The molecule has 1 aliphatic heterocycles. The lowest BCUT2D eigenvalue weighted by atomic mass is 9.97. The second-order valence-corrected chi connectivity index (χ2v) is 4.40. The van der Waals surface area contributed by atoms with Crippen LogP contribution in [-0.2, 0) is 24.6 Å². The van der Waals surface area contributed by atoms with Gasteiger partial charge in [-0.25, -0.2) is 4.31 Å². The van der Waals surface area contributed by atoms with Gasteiger partial charge in [0, 0.05) is 4.91 Å². The van der Waals surface area contributed by atoms with E-state index in [0.29, 0.717) is 0 Å². The van der Waals surface area contributed by atoms with Crippen molar-refractivity contribution in [1.29, 1.82) is 0 Å². The minimum atomic E-state index is -4.78. The molecule has 1 aliphatic rings. The summed E-state index contributed by atoms with van der Waals surface area (Å²) in [6, 6.07) is -2.58.